The van der Waals surface area contributed by atoms with Gasteiger partial charge in [0.2, 0.25) is 23.6 Å². The number of carbonyl (C=O) groups is 6. The van der Waals surface area contributed by atoms with Crippen molar-refractivity contribution in [1.29, 1.82) is 0 Å². The molecule has 0 rings (SSSR count). The number of carbonyl (C=O) groups excluding carboxylic acids is 6. The SMILES string of the molecule is C=CCOP(=O)(OCCNC(=O)CC(=O)NCCOP(=O)(OCC=C)OCC(COCCC(C)OC(C)=O)NC(C)=O)OCC(COCCC(C)OC(C)=O)NC(C)=O. The normalized spacial score (nSPS) is 15.2. The largest absolute Gasteiger partial charge is 0.475 e. The third-order valence-corrected chi connectivity index (χ3v) is 9.62. The molecule has 0 heterocycles. The Labute approximate surface area is 345 Å². The average Bonchev–Trinajstić information content (AvgIpc) is 3.14. The fourth-order valence-corrected chi connectivity index (χ4v) is 6.69. The molecule has 0 aromatic carbocycles. The van der Waals surface area contributed by atoms with E-state index < -0.39 is 69.7 Å². The van der Waals surface area contributed by atoms with Gasteiger partial charge >= 0.3 is 27.6 Å². The first-order valence-corrected chi connectivity index (χ1v) is 21.6. The summed E-state index contributed by atoms with van der Waals surface area (Å²) in [6, 6.07) is -1.50. The van der Waals surface area contributed by atoms with Crippen molar-refractivity contribution >= 4 is 51.2 Å². The molecule has 6 atom stereocenters. The number of rotatable bonds is 36. The molecule has 4 amide bonds. The van der Waals surface area contributed by atoms with Gasteiger partial charge in [0.05, 0.1) is 78.2 Å². The molecule has 0 aliphatic carbocycles. The quantitative estimate of drug-likeness (QED) is 0.0230. The number of amides is 4. The predicted molar refractivity (Wildman–Crippen MR) is 210 cm³/mol. The Morgan fingerprint density at radius 3 is 1.25 bits per heavy atom. The fourth-order valence-electron chi connectivity index (χ4n) is 4.31. The van der Waals surface area contributed by atoms with Crippen molar-refractivity contribution in [2.45, 2.75) is 85.1 Å². The number of hydrogen-bond donors (Lipinski definition) is 4. The van der Waals surface area contributed by atoms with Gasteiger partial charge in [-0.3, -0.25) is 55.9 Å². The lowest BCUT2D eigenvalue weighted by atomic mass is 10.3. The highest BCUT2D eigenvalue weighted by Gasteiger charge is 2.30. The molecule has 24 heteroatoms. The van der Waals surface area contributed by atoms with Crippen LogP contribution in [0.1, 0.15) is 60.8 Å². The predicted octanol–water partition coefficient (Wildman–Crippen LogP) is 2.02. The summed E-state index contributed by atoms with van der Waals surface area (Å²) in [5.74, 6) is -3.08. The molecule has 0 aromatic rings. The van der Waals surface area contributed by atoms with E-state index in [1.54, 1.807) is 13.8 Å². The molecule has 4 N–H and O–H groups in total. The minimum Gasteiger partial charge on any atom is -0.463 e. The summed E-state index contributed by atoms with van der Waals surface area (Å²) in [7, 11) is -8.46. The minimum atomic E-state index is -4.23. The van der Waals surface area contributed by atoms with Crippen LogP contribution in [0.25, 0.3) is 0 Å². The molecule has 340 valence electrons. The van der Waals surface area contributed by atoms with Crippen LogP contribution in [-0.2, 0) is 84.0 Å². The lowest BCUT2D eigenvalue weighted by Gasteiger charge is -2.22. The Balaban J connectivity index is 4.86. The van der Waals surface area contributed by atoms with E-state index in [2.05, 4.69) is 34.4 Å². The van der Waals surface area contributed by atoms with Crippen LogP contribution in [0.2, 0.25) is 0 Å². The Hall–Kier alpha value is -3.56. The number of hydrogen-bond acceptors (Lipinski definition) is 18. The standard InChI is InChI=1S/C35H62N4O18P2/c1-9-15-50-58(46,54-24-32(38-28(5)40)22-48-17-11-26(3)56-30(7)42)52-19-13-36-34(44)21-35(45)37-14-20-53-59(47,51-16-10-2)55-25-33(39-29(6)41)23-49-18-12-27(4)57-31(8)43/h9-10,26-27,32-33H,1-2,11-25H2,3-8H3,(H,36,44)(H,37,45)(H,38,40)(H,39,41). The first kappa shape index (κ1) is 55.4. The van der Waals surface area contributed by atoms with Crippen LogP contribution in [0.5, 0.6) is 0 Å². The summed E-state index contributed by atoms with van der Waals surface area (Å²) in [4.78, 5) is 70.3. The third kappa shape index (κ3) is 32.0. The number of ether oxygens (including phenoxy) is 4. The van der Waals surface area contributed by atoms with Crippen molar-refractivity contribution < 1.29 is 84.0 Å². The molecule has 0 saturated heterocycles. The van der Waals surface area contributed by atoms with Crippen molar-refractivity contribution in [2.75, 3.05) is 79.2 Å². The molecule has 0 spiro atoms. The van der Waals surface area contributed by atoms with E-state index in [-0.39, 0.29) is 91.4 Å². The Bertz CT molecular complexity index is 1320. The molecule has 0 aliphatic heterocycles. The highest BCUT2D eigenvalue weighted by Crippen LogP contribution is 2.50. The van der Waals surface area contributed by atoms with E-state index in [1.807, 2.05) is 0 Å². The maximum absolute atomic E-state index is 13.2. The van der Waals surface area contributed by atoms with E-state index in [9.17, 15) is 37.9 Å². The van der Waals surface area contributed by atoms with E-state index in [0.717, 1.165) is 0 Å². The van der Waals surface area contributed by atoms with Crippen LogP contribution in [0.15, 0.2) is 25.3 Å². The zero-order chi connectivity index (χ0) is 44.7. The van der Waals surface area contributed by atoms with Crippen LogP contribution in [0, 0.1) is 0 Å². The van der Waals surface area contributed by atoms with Crippen LogP contribution < -0.4 is 21.3 Å². The van der Waals surface area contributed by atoms with E-state index in [1.165, 1.54) is 39.8 Å². The van der Waals surface area contributed by atoms with Gasteiger partial charge in [0.1, 0.15) is 18.6 Å². The number of esters is 2. The van der Waals surface area contributed by atoms with Crippen LogP contribution in [0.3, 0.4) is 0 Å². The number of phosphoric ester groups is 2. The van der Waals surface area contributed by atoms with Gasteiger partial charge in [-0.1, -0.05) is 12.2 Å². The zero-order valence-electron chi connectivity index (χ0n) is 34.7. The first-order chi connectivity index (χ1) is 27.8. The van der Waals surface area contributed by atoms with Gasteiger partial charge in [0.25, 0.3) is 0 Å². The second-order valence-corrected chi connectivity index (χ2v) is 15.9. The molecular formula is C35H62N4O18P2. The maximum atomic E-state index is 13.2. The Morgan fingerprint density at radius 1 is 0.559 bits per heavy atom. The van der Waals surface area contributed by atoms with E-state index in [4.69, 9.17) is 46.1 Å². The third-order valence-electron chi connectivity index (χ3n) is 6.76. The Kier molecular flexibility index (Phi) is 30.3. The van der Waals surface area contributed by atoms with E-state index in [0.29, 0.717) is 12.8 Å². The summed E-state index contributed by atoms with van der Waals surface area (Å²) in [5, 5.41) is 10.1. The summed E-state index contributed by atoms with van der Waals surface area (Å²) in [5.41, 5.74) is 0. The van der Waals surface area contributed by atoms with Gasteiger partial charge in [0, 0.05) is 53.6 Å². The highest BCUT2D eigenvalue weighted by molar-refractivity contribution is 7.48. The van der Waals surface area contributed by atoms with Crippen LogP contribution in [0.4, 0.5) is 0 Å². The maximum Gasteiger partial charge on any atom is 0.475 e. The summed E-state index contributed by atoms with van der Waals surface area (Å²) >= 11 is 0. The fraction of sp³-hybridized carbons (Fsp3) is 0.714. The van der Waals surface area contributed by atoms with Gasteiger partial charge in [0.15, 0.2) is 0 Å². The van der Waals surface area contributed by atoms with Gasteiger partial charge < -0.3 is 40.2 Å². The first-order valence-electron chi connectivity index (χ1n) is 18.7. The molecule has 6 unspecified atom stereocenters. The molecule has 59 heavy (non-hydrogen) atoms. The number of nitrogens with one attached hydrogen (secondary N) is 4. The van der Waals surface area contributed by atoms with Crippen molar-refractivity contribution in [3.8, 4) is 0 Å². The minimum absolute atomic E-state index is 0.0347. The number of phosphoric acid groups is 2. The monoisotopic (exact) mass is 888 g/mol. The molecule has 0 aliphatic rings. The second-order valence-electron chi connectivity index (χ2n) is 12.6. The van der Waals surface area contributed by atoms with Crippen molar-refractivity contribution in [3.63, 3.8) is 0 Å². The van der Waals surface area contributed by atoms with Gasteiger partial charge in [-0.2, -0.15) is 0 Å². The highest BCUT2D eigenvalue weighted by atomic mass is 31.2. The molecule has 0 fully saturated rings. The van der Waals surface area contributed by atoms with Crippen LogP contribution >= 0.6 is 15.6 Å². The lowest BCUT2D eigenvalue weighted by molar-refractivity contribution is -0.147. The molecule has 0 bridgehead atoms. The Morgan fingerprint density at radius 2 is 0.932 bits per heavy atom. The second kappa shape index (κ2) is 32.2. The topological polar surface area (TPSA) is 277 Å². The van der Waals surface area contributed by atoms with E-state index >= 15 is 0 Å². The van der Waals surface area contributed by atoms with Gasteiger partial charge in [-0.25, -0.2) is 9.13 Å². The summed E-state index contributed by atoms with van der Waals surface area (Å²) < 4.78 is 79.4. The van der Waals surface area contributed by atoms with Gasteiger partial charge in [-0.15, -0.1) is 13.2 Å². The molecular weight excluding hydrogens is 826 g/mol. The van der Waals surface area contributed by atoms with Crippen molar-refractivity contribution in [3.05, 3.63) is 25.3 Å². The smallest absolute Gasteiger partial charge is 0.463 e. The summed E-state index contributed by atoms with van der Waals surface area (Å²) in [6.07, 6.45) is 2.04. The average molecular weight is 889 g/mol. The van der Waals surface area contributed by atoms with Gasteiger partial charge in [-0.05, 0) is 13.8 Å². The van der Waals surface area contributed by atoms with Crippen molar-refractivity contribution in [1.82, 2.24) is 21.3 Å². The molecule has 22 nitrogen and oxygen atoms in total. The molecule has 0 saturated carbocycles. The lowest BCUT2D eigenvalue weighted by Crippen LogP contribution is -2.40. The van der Waals surface area contributed by atoms with Crippen molar-refractivity contribution in [2.24, 2.45) is 0 Å². The summed E-state index contributed by atoms with van der Waals surface area (Å²) in [6.45, 7) is 13.7. The molecule has 0 aromatic heterocycles. The zero-order valence-corrected chi connectivity index (χ0v) is 36.5. The van der Waals surface area contributed by atoms with Crippen LogP contribution in [-0.4, -0.2) is 139 Å². The molecule has 0 radical (unpaired) electrons.